The smallest absolute Gasteiger partial charge is 0.224 e. The second kappa shape index (κ2) is 8.84. The van der Waals surface area contributed by atoms with Gasteiger partial charge in [-0.1, -0.05) is 48.9 Å². The van der Waals surface area contributed by atoms with Crippen molar-refractivity contribution in [1.29, 1.82) is 0 Å². The van der Waals surface area contributed by atoms with Crippen molar-refractivity contribution < 1.29 is 9.90 Å². The molecule has 0 spiro atoms. The van der Waals surface area contributed by atoms with Gasteiger partial charge in [-0.2, -0.15) is 0 Å². The standard InChI is InChI=1S/C21H22ClN3O2/c1-2-6-19(27)23-17-11-9-16(10-12-17)21-24-20(22)18(14-26)25(21)13-15-7-4-3-5-8-15/h3-5,7-12,26H,2,6,13-14H2,1H3,(H,23,27). The van der Waals surface area contributed by atoms with Crippen LogP contribution in [0.2, 0.25) is 5.15 Å². The first kappa shape index (κ1) is 19.1. The number of anilines is 1. The van der Waals surface area contributed by atoms with Crippen LogP contribution in [0.15, 0.2) is 54.6 Å². The summed E-state index contributed by atoms with van der Waals surface area (Å²) in [6.45, 7) is 2.34. The Morgan fingerprint density at radius 2 is 1.85 bits per heavy atom. The van der Waals surface area contributed by atoms with Crippen LogP contribution in [0, 0.1) is 0 Å². The van der Waals surface area contributed by atoms with Crippen molar-refractivity contribution in [3.63, 3.8) is 0 Å². The fourth-order valence-electron chi connectivity index (χ4n) is 2.92. The molecule has 0 fully saturated rings. The van der Waals surface area contributed by atoms with Crippen molar-refractivity contribution in [3.8, 4) is 11.4 Å². The van der Waals surface area contributed by atoms with Gasteiger partial charge >= 0.3 is 0 Å². The van der Waals surface area contributed by atoms with Crippen LogP contribution in [-0.4, -0.2) is 20.6 Å². The Kier molecular flexibility index (Phi) is 6.27. The third-order valence-electron chi connectivity index (χ3n) is 4.26. The number of hydrogen-bond acceptors (Lipinski definition) is 3. The Balaban J connectivity index is 1.91. The number of halogens is 1. The number of carbonyl (C=O) groups is 1. The molecule has 3 aromatic rings. The molecular formula is C21H22ClN3O2. The van der Waals surface area contributed by atoms with Crippen LogP contribution in [-0.2, 0) is 17.9 Å². The number of imidazole rings is 1. The van der Waals surface area contributed by atoms with Crippen LogP contribution in [0.4, 0.5) is 5.69 Å². The third kappa shape index (κ3) is 4.56. The number of nitrogens with one attached hydrogen (secondary N) is 1. The average Bonchev–Trinajstić information content (AvgIpc) is 2.98. The second-order valence-electron chi connectivity index (χ2n) is 6.28. The van der Waals surface area contributed by atoms with Gasteiger partial charge in [0.25, 0.3) is 0 Å². The van der Waals surface area contributed by atoms with Gasteiger partial charge in [-0.3, -0.25) is 4.79 Å². The predicted octanol–water partition coefficient (Wildman–Crippen LogP) is 4.48. The molecule has 0 unspecified atom stereocenters. The first-order valence-electron chi connectivity index (χ1n) is 8.92. The van der Waals surface area contributed by atoms with Gasteiger partial charge in [-0.25, -0.2) is 4.98 Å². The maximum atomic E-state index is 11.7. The summed E-state index contributed by atoms with van der Waals surface area (Å²) < 4.78 is 1.92. The summed E-state index contributed by atoms with van der Waals surface area (Å²) in [5.41, 5.74) is 3.27. The zero-order valence-electron chi connectivity index (χ0n) is 15.2. The van der Waals surface area contributed by atoms with E-state index in [9.17, 15) is 9.90 Å². The van der Waals surface area contributed by atoms with E-state index in [2.05, 4.69) is 10.3 Å². The number of benzene rings is 2. The zero-order valence-corrected chi connectivity index (χ0v) is 15.9. The van der Waals surface area contributed by atoms with Crippen molar-refractivity contribution >= 4 is 23.2 Å². The van der Waals surface area contributed by atoms with E-state index in [-0.39, 0.29) is 12.5 Å². The van der Waals surface area contributed by atoms with Crippen molar-refractivity contribution in [2.75, 3.05) is 5.32 Å². The first-order chi connectivity index (χ1) is 13.1. The molecule has 27 heavy (non-hydrogen) atoms. The second-order valence-corrected chi connectivity index (χ2v) is 6.64. The van der Waals surface area contributed by atoms with Crippen LogP contribution >= 0.6 is 11.6 Å². The normalized spacial score (nSPS) is 10.8. The van der Waals surface area contributed by atoms with Crippen LogP contribution in [0.3, 0.4) is 0 Å². The number of rotatable bonds is 7. The zero-order chi connectivity index (χ0) is 19.2. The van der Waals surface area contributed by atoms with Gasteiger partial charge in [0.1, 0.15) is 5.82 Å². The van der Waals surface area contributed by atoms with Crippen LogP contribution < -0.4 is 5.32 Å². The number of aromatic nitrogens is 2. The summed E-state index contributed by atoms with van der Waals surface area (Å²) >= 11 is 6.25. The fraction of sp³-hybridized carbons (Fsp3) is 0.238. The van der Waals surface area contributed by atoms with Gasteiger partial charge in [0, 0.05) is 24.2 Å². The minimum atomic E-state index is -0.191. The summed E-state index contributed by atoms with van der Waals surface area (Å²) in [4.78, 5) is 16.2. The Labute approximate surface area is 163 Å². The molecule has 0 aliphatic carbocycles. The molecule has 0 atom stereocenters. The summed E-state index contributed by atoms with van der Waals surface area (Å²) in [6.07, 6.45) is 1.31. The van der Waals surface area contributed by atoms with E-state index >= 15 is 0 Å². The lowest BCUT2D eigenvalue weighted by atomic mass is 10.1. The van der Waals surface area contributed by atoms with Crippen molar-refractivity contribution in [3.05, 3.63) is 71.0 Å². The highest BCUT2D eigenvalue weighted by atomic mass is 35.5. The van der Waals surface area contributed by atoms with Crippen molar-refractivity contribution in [2.45, 2.75) is 32.9 Å². The number of aliphatic hydroxyl groups excluding tert-OH is 1. The van der Waals surface area contributed by atoms with E-state index in [0.29, 0.717) is 29.6 Å². The van der Waals surface area contributed by atoms with Crippen molar-refractivity contribution in [1.82, 2.24) is 9.55 Å². The van der Waals surface area contributed by atoms with E-state index in [1.807, 2.05) is 66.1 Å². The highest BCUT2D eigenvalue weighted by Crippen LogP contribution is 2.28. The lowest BCUT2D eigenvalue weighted by Crippen LogP contribution is -2.10. The Morgan fingerprint density at radius 1 is 1.15 bits per heavy atom. The Morgan fingerprint density at radius 3 is 2.48 bits per heavy atom. The van der Waals surface area contributed by atoms with Gasteiger partial charge in [-0.15, -0.1) is 0 Å². The highest BCUT2D eigenvalue weighted by Gasteiger charge is 2.17. The van der Waals surface area contributed by atoms with Gasteiger partial charge in [0.2, 0.25) is 5.91 Å². The molecule has 1 aromatic heterocycles. The molecule has 2 N–H and O–H groups in total. The van der Waals surface area contributed by atoms with E-state index in [1.54, 1.807) is 0 Å². The van der Waals surface area contributed by atoms with Gasteiger partial charge in [-0.05, 0) is 36.2 Å². The highest BCUT2D eigenvalue weighted by molar-refractivity contribution is 6.30. The molecule has 5 nitrogen and oxygen atoms in total. The van der Waals surface area contributed by atoms with E-state index in [1.165, 1.54) is 0 Å². The molecule has 0 aliphatic rings. The fourth-order valence-corrected chi connectivity index (χ4v) is 3.16. The predicted molar refractivity (Wildman–Crippen MR) is 108 cm³/mol. The van der Waals surface area contributed by atoms with Crippen LogP contribution in [0.25, 0.3) is 11.4 Å². The number of carbonyl (C=O) groups excluding carboxylic acids is 1. The molecule has 1 heterocycles. The quantitative estimate of drug-likeness (QED) is 0.632. The van der Waals surface area contributed by atoms with Gasteiger partial charge in [0.05, 0.1) is 12.3 Å². The lowest BCUT2D eigenvalue weighted by molar-refractivity contribution is -0.116. The van der Waals surface area contributed by atoms with E-state index in [0.717, 1.165) is 23.2 Å². The minimum Gasteiger partial charge on any atom is -0.390 e. The molecule has 2 aromatic carbocycles. The molecule has 6 heteroatoms. The maximum absolute atomic E-state index is 11.7. The topological polar surface area (TPSA) is 67.2 Å². The lowest BCUT2D eigenvalue weighted by Gasteiger charge is -2.12. The number of aliphatic hydroxyl groups is 1. The molecule has 1 amide bonds. The van der Waals surface area contributed by atoms with Crippen LogP contribution in [0.5, 0.6) is 0 Å². The molecule has 0 radical (unpaired) electrons. The average molecular weight is 384 g/mol. The Hall–Kier alpha value is -2.63. The number of nitrogens with zero attached hydrogens (tertiary/aromatic N) is 2. The van der Waals surface area contributed by atoms with E-state index in [4.69, 9.17) is 11.6 Å². The minimum absolute atomic E-state index is 0.00133. The summed E-state index contributed by atoms with van der Waals surface area (Å²) in [6, 6.07) is 17.4. The molecule has 3 rings (SSSR count). The molecular weight excluding hydrogens is 362 g/mol. The monoisotopic (exact) mass is 383 g/mol. The molecule has 0 saturated carbocycles. The molecule has 0 bridgehead atoms. The SMILES string of the molecule is CCCC(=O)Nc1ccc(-c2nc(Cl)c(CO)n2Cc2ccccc2)cc1. The maximum Gasteiger partial charge on any atom is 0.224 e. The van der Waals surface area contributed by atoms with Crippen LogP contribution in [0.1, 0.15) is 31.0 Å². The largest absolute Gasteiger partial charge is 0.390 e. The first-order valence-corrected chi connectivity index (χ1v) is 9.30. The Bertz CT molecular complexity index is 905. The van der Waals surface area contributed by atoms with E-state index < -0.39 is 0 Å². The number of hydrogen-bond donors (Lipinski definition) is 2. The van der Waals surface area contributed by atoms with Gasteiger partial charge in [0.15, 0.2) is 5.15 Å². The number of amides is 1. The summed E-state index contributed by atoms with van der Waals surface area (Å²) in [5.74, 6) is 0.681. The summed E-state index contributed by atoms with van der Waals surface area (Å²) in [5, 5.41) is 12.9. The summed E-state index contributed by atoms with van der Waals surface area (Å²) in [7, 11) is 0. The third-order valence-corrected chi connectivity index (χ3v) is 4.56. The molecule has 140 valence electrons. The van der Waals surface area contributed by atoms with Gasteiger partial charge < -0.3 is 15.0 Å². The molecule has 0 saturated heterocycles. The molecule has 0 aliphatic heterocycles. The van der Waals surface area contributed by atoms with Crippen molar-refractivity contribution in [2.24, 2.45) is 0 Å².